The molecule has 2 nitrogen and oxygen atoms in total. The van der Waals surface area contributed by atoms with Crippen molar-refractivity contribution >= 4 is 71.3 Å². The molecule has 1 heterocycles. The number of hydrogen-bond acceptors (Lipinski definition) is 2. The van der Waals surface area contributed by atoms with E-state index in [9.17, 15) is 0 Å². The molecule has 0 atom stereocenters. The highest BCUT2D eigenvalue weighted by molar-refractivity contribution is 6.24. The normalized spacial score (nSPS) is 11.5. The molecule has 0 unspecified atom stereocenters. The molecule has 62 heavy (non-hydrogen) atoms. The molecule has 1 aromatic heterocycles. The summed E-state index contributed by atoms with van der Waals surface area (Å²) in [5, 5.41) is 9.51. The van der Waals surface area contributed by atoms with E-state index in [-0.39, 0.29) is 0 Å². The fraction of sp³-hybridized carbons (Fsp3) is 0. The average Bonchev–Trinajstić information content (AvgIpc) is 3.75. The number of benzene rings is 11. The predicted octanol–water partition coefficient (Wildman–Crippen LogP) is 17.2. The van der Waals surface area contributed by atoms with Gasteiger partial charge in [0.15, 0.2) is 5.58 Å². The standard InChI is InChI=1S/C60H39NO/c1-3-12-40(13-4-1)42-28-32-52(33-29-42)61(57-39-51-18-9-10-19-54(51)58-56-21-11-20-55(59(56)62-60(57)58)44-15-5-2-6-16-44)53-34-30-43(31-35-53)46-24-25-49-38-50(27-26-48(49)37-46)47-23-22-41-14-7-8-17-45(41)36-47/h1-39H. The van der Waals surface area contributed by atoms with Crippen LogP contribution in [-0.2, 0) is 0 Å². The molecule has 0 N–H and O–H groups in total. The van der Waals surface area contributed by atoms with E-state index in [0.29, 0.717) is 0 Å². The molecule has 0 aliphatic heterocycles. The molecular weight excluding hydrogens is 751 g/mol. The van der Waals surface area contributed by atoms with Crippen molar-refractivity contribution in [2.45, 2.75) is 0 Å². The first-order valence-corrected chi connectivity index (χ1v) is 21.2. The molecule has 0 spiro atoms. The van der Waals surface area contributed by atoms with Crippen LogP contribution in [0.2, 0.25) is 0 Å². The van der Waals surface area contributed by atoms with Crippen molar-refractivity contribution in [3.05, 3.63) is 237 Å². The zero-order chi connectivity index (χ0) is 41.0. The zero-order valence-corrected chi connectivity index (χ0v) is 33.9. The Hall–Kier alpha value is -8.20. The molecule has 290 valence electrons. The molecule has 0 fully saturated rings. The van der Waals surface area contributed by atoms with E-state index in [1.807, 2.05) is 0 Å². The Kier molecular flexibility index (Phi) is 8.53. The molecule has 0 amide bonds. The second-order valence-electron chi connectivity index (χ2n) is 16.1. The monoisotopic (exact) mass is 789 g/mol. The van der Waals surface area contributed by atoms with Gasteiger partial charge in [-0.15, -0.1) is 0 Å². The van der Waals surface area contributed by atoms with Crippen LogP contribution in [0.1, 0.15) is 0 Å². The number of para-hydroxylation sites is 1. The van der Waals surface area contributed by atoms with Gasteiger partial charge in [0.25, 0.3) is 0 Å². The molecule has 12 aromatic rings. The summed E-state index contributed by atoms with van der Waals surface area (Å²) in [6, 6.07) is 85.3. The van der Waals surface area contributed by atoms with E-state index in [1.54, 1.807) is 0 Å². The Morgan fingerprint density at radius 2 is 0.726 bits per heavy atom. The highest BCUT2D eigenvalue weighted by Crippen LogP contribution is 2.47. The minimum Gasteiger partial charge on any atom is -0.453 e. The highest BCUT2D eigenvalue weighted by atomic mass is 16.3. The van der Waals surface area contributed by atoms with Gasteiger partial charge >= 0.3 is 0 Å². The second kappa shape index (κ2) is 14.8. The third-order valence-corrected chi connectivity index (χ3v) is 12.4. The van der Waals surface area contributed by atoms with Crippen LogP contribution in [0, 0.1) is 0 Å². The van der Waals surface area contributed by atoms with Crippen LogP contribution in [0.5, 0.6) is 0 Å². The van der Waals surface area contributed by atoms with Gasteiger partial charge in [0.1, 0.15) is 5.58 Å². The van der Waals surface area contributed by atoms with Crippen LogP contribution in [-0.4, -0.2) is 0 Å². The Bertz CT molecular complexity index is 3610. The van der Waals surface area contributed by atoms with Crippen molar-refractivity contribution in [1.29, 1.82) is 0 Å². The van der Waals surface area contributed by atoms with Crippen molar-refractivity contribution in [1.82, 2.24) is 0 Å². The van der Waals surface area contributed by atoms with Gasteiger partial charge in [-0.2, -0.15) is 0 Å². The van der Waals surface area contributed by atoms with Gasteiger partial charge in [-0.3, -0.25) is 0 Å². The lowest BCUT2D eigenvalue weighted by Gasteiger charge is -2.26. The molecule has 0 aliphatic rings. The molecule has 2 heteroatoms. The van der Waals surface area contributed by atoms with Crippen LogP contribution in [0.3, 0.4) is 0 Å². The fourth-order valence-electron chi connectivity index (χ4n) is 9.28. The largest absolute Gasteiger partial charge is 0.453 e. The summed E-state index contributed by atoms with van der Waals surface area (Å²) in [5.74, 6) is 0. The predicted molar refractivity (Wildman–Crippen MR) is 263 cm³/mol. The Morgan fingerprint density at radius 3 is 1.37 bits per heavy atom. The van der Waals surface area contributed by atoms with Gasteiger partial charge < -0.3 is 9.32 Å². The van der Waals surface area contributed by atoms with E-state index in [0.717, 1.165) is 61.1 Å². The van der Waals surface area contributed by atoms with Gasteiger partial charge in [-0.1, -0.05) is 188 Å². The summed E-state index contributed by atoms with van der Waals surface area (Å²) >= 11 is 0. The molecule has 0 radical (unpaired) electrons. The summed E-state index contributed by atoms with van der Waals surface area (Å²) < 4.78 is 7.14. The molecule has 0 saturated carbocycles. The SMILES string of the molecule is c1ccc(-c2ccc(N(c3ccc(-c4ccc5cc(-c6ccc7ccccc7c6)ccc5c4)cc3)c3cc4ccccc4c4c3oc3c(-c5ccccc5)cccc34)cc2)cc1. The zero-order valence-electron chi connectivity index (χ0n) is 33.9. The van der Waals surface area contributed by atoms with Crippen LogP contribution in [0.4, 0.5) is 17.1 Å². The number of hydrogen-bond donors (Lipinski definition) is 0. The molecule has 0 aliphatic carbocycles. The summed E-state index contributed by atoms with van der Waals surface area (Å²) in [6.45, 7) is 0. The molecule has 0 bridgehead atoms. The van der Waals surface area contributed by atoms with E-state index >= 15 is 0 Å². The molecule has 12 rings (SSSR count). The van der Waals surface area contributed by atoms with Crippen LogP contribution < -0.4 is 4.90 Å². The maximum Gasteiger partial charge on any atom is 0.160 e. The maximum atomic E-state index is 7.14. The lowest BCUT2D eigenvalue weighted by Crippen LogP contribution is -2.10. The minimum atomic E-state index is 0.857. The van der Waals surface area contributed by atoms with Gasteiger partial charge in [-0.25, -0.2) is 0 Å². The van der Waals surface area contributed by atoms with E-state index in [1.165, 1.54) is 54.7 Å². The second-order valence-corrected chi connectivity index (χ2v) is 16.1. The smallest absolute Gasteiger partial charge is 0.160 e. The Labute approximate surface area is 360 Å². The third kappa shape index (κ3) is 6.20. The first-order chi connectivity index (χ1) is 30.7. The number of rotatable bonds is 7. The Morgan fingerprint density at radius 1 is 0.274 bits per heavy atom. The highest BCUT2D eigenvalue weighted by Gasteiger charge is 2.23. The average molecular weight is 790 g/mol. The summed E-state index contributed by atoms with van der Waals surface area (Å²) in [6.07, 6.45) is 0. The topological polar surface area (TPSA) is 16.4 Å². The summed E-state index contributed by atoms with van der Waals surface area (Å²) in [5.41, 5.74) is 14.2. The molecular formula is C60H39NO. The van der Waals surface area contributed by atoms with Crippen molar-refractivity contribution in [2.75, 3.05) is 4.90 Å². The summed E-state index contributed by atoms with van der Waals surface area (Å²) in [7, 11) is 0. The van der Waals surface area contributed by atoms with Crippen LogP contribution in [0.15, 0.2) is 241 Å². The van der Waals surface area contributed by atoms with E-state index in [4.69, 9.17) is 4.42 Å². The van der Waals surface area contributed by atoms with Gasteiger partial charge in [0.05, 0.1) is 5.69 Å². The van der Waals surface area contributed by atoms with Gasteiger partial charge in [0, 0.05) is 27.7 Å². The lowest BCUT2D eigenvalue weighted by atomic mass is 9.96. The van der Waals surface area contributed by atoms with E-state index < -0.39 is 0 Å². The van der Waals surface area contributed by atoms with Crippen molar-refractivity contribution in [2.24, 2.45) is 0 Å². The number of fused-ring (bicyclic) bond motifs is 7. The van der Waals surface area contributed by atoms with Crippen molar-refractivity contribution < 1.29 is 4.42 Å². The first kappa shape index (κ1) is 35.7. The maximum absolute atomic E-state index is 7.14. The van der Waals surface area contributed by atoms with Crippen molar-refractivity contribution in [3.63, 3.8) is 0 Å². The van der Waals surface area contributed by atoms with Gasteiger partial charge in [-0.05, 0) is 120 Å². The molecule has 11 aromatic carbocycles. The molecule has 0 saturated heterocycles. The Balaban J connectivity index is 0.984. The fourth-order valence-corrected chi connectivity index (χ4v) is 9.28. The minimum absolute atomic E-state index is 0.857. The van der Waals surface area contributed by atoms with Crippen LogP contribution in [0.25, 0.3) is 98.8 Å². The van der Waals surface area contributed by atoms with Crippen LogP contribution >= 0.6 is 0 Å². The quantitative estimate of drug-likeness (QED) is 0.160. The van der Waals surface area contributed by atoms with Crippen molar-refractivity contribution in [3.8, 4) is 44.5 Å². The number of nitrogens with zero attached hydrogens (tertiary/aromatic N) is 1. The lowest BCUT2D eigenvalue weighted by molar-refractivity contribution is 0.670. The van der Waals surface area contributed by atoms with E-state index in [2.05, 4.69) is 241 Å². The number of anilines is 3. The first-order valence-electron chi connectivity index (χ1n) is 21.2. The third-order valence-electron chi connectivity index (χ3n) is 12.4. The number of furan rings is 1. The van der Waals surface area contributed by atoms with Gasteiger partial charge in [0.2, 0.25) is 0 Å². The summed E-state index contributed by atoms with van der Waals surface area (Å²) in [4.78, 5) is 2.35.